The van der Waals surface area contributed by atoms with E-state index in [4.69, 9.17) is 19.9 Å². The molecule has 5 aromatic rings. The Hall–Kier alpha value is -4.43. The van der Waals surface area contributed by atoms with Crippen LogP contribution in [0.5, 0.6) is 0 Å². The summed E-state index contributed by atoms with van der Waals surface area (Å²) in [4.78, 5) is 25.9. The van der Waals surface area contributed by atoms with Crippen LogP contribution in [0.25, 0.3) is 0 Å². The molecule has 0 amide bonds. The van der Waals surface area contributed by atoms with E-state index in [2.05, 4.69) is 51.1 Å². The fourth-order valence-corrected chi connectivity index (χ4v) is 6.22. The zero-order valence-corrected chi connectivity index (χ0v) is 19.3. The van der Waals surface area contributed by atoms with Crippen molar-refractivity contribution in [1.29, 1.82) is 0 Å². The Morgan fingerprint density at radius 2 is 0.829 bits per heavy atom. The minimum atomic E-state index is -0.864. The van der Waals surface area contributed by atoms with Crippen LogP contribution in [-0.4, -0.2) is 25.1 Å². The maximum Gasteiger partial charge on any atom is 0.266 e. The maximum atomic E-state index is 4.84. The van der Waals surface area contributed by atoms with E-state index in [1.165, 1.54) is 0 Å². The Bertz CT molecular complexity index is 1370. The van der Waals surface area contributed by atoms with Gasteiger partial charge in [-0.25, -0.2) is 19.9 Å². The lowest BCUT2D eigenvalue weighted by Crippen LogP contribution is -2.60. The Labute approximate surface area is 206 Å². The number of hydrogen-bond acceptors (Lipinski definition) is 8. The molecule has 0 atom stereocenters. The number of fused-ring (bicyclic) bond motifs is 2. The molecule has 0 radical (unpaired) electrons. The Morgan fingerprint density at radius 1 is 0.457 bits per heavy atom. The molecule has 7 nitrogen and oxygen atoms in total. The van der Waals surface area contributed by atoms with Gasteiger partial charge in [0.05, 0.1) is 0 Å². The number of para-hydroxylation sites is 3. The van der Waals surface area contributed by atoms with Crippen molar-refractivity contribution in [2.45, 2.75) is 10.1 Å². The topological polar surface area (TPSA) is 61.3 Å². The molecule has 0 aliphatic carbocycles. The van der Waals surface area contributed by atoms with Crippen molar-refractivity contribution in [2.24, 2.45) is 0 Å². The summed E-state index contributed by atoms with van der Waals surface area (Å²) >= 11 is 1.64. The largest absolute Gasteiger partial charge is 0.272 e. The zero-order chi connectivity index (χ0) is 23.2. The molecule has 8 heteroatoms. The summed E-state index contributed by atoms with van der Waals surface area (Å²) in [5.41, 5.74) is 2.98. The predicted octanol–water partition coefficient (Wildman–Crippen LogP) is 6.11. The van der Waals surface area contributed by atoms with Gasteiger partial charge in [0.15, 0.2) is 17.5 Å². The molecule has 7 rings (SSSR count). The summed E-state index contributed by atoms with van der Waals surface area (Å²) in [7, 11) is 0. The molecule has 2 aromatic heterocycles. The first-order valence-electron chi connectivity index (χ1n) is 11.2. The van der Waals surface area contributed by atoms with Gasteiger partial charge in [0.25, 0.3) is 5.12 Å². The van der Waals surface area contributed by atoms with E-state index in [0.29, 0.717) is 0 Å². The standard InChI is InChI=1S/C27H19N7S/c1-4-10-20(11-5-1)32-23-24(29-17-16-28-23)33(21-12-6-2-7-13-21)27(32)34(22-14-8-3-9-15-22)25-26(35-27)31-19-18-30-25/h1-19H. The second kappa shape index (κ2) is 7.82. The first-order valence-corrected chi connectivity index (χ1v) is 12.1. The molecule has 3 aromatic carbocycles. The van der Waals surface area contributed by atoms with Crippen LogP contribution in [-0.2, 0) is 0 Å². The van der Waals surface area contributed by atoms with Crippen LogP contribution in [0.1, 0.15) is 0 Å². The van der Waals surface area contributed by atoms with E-state index < -0.39 is 5.12 Å². The number of nitrogens with zero attached hydrogens (tertiary/aromatic N) is 7. The lowest BCUT2D eigenvalue weighted by Gasteiger charge is -2.46. The molecule has 1 spiro atoms. The van der Waals surface area contributed by atoms with Gasteiger partial charge in [0, 0.05) is 41.8 Å². The third kappa shape index (κ3) is 2.87. The van der Waals surface area contributed by atoms with E-state index in [9.17, 15) is 0 Å². The first-order chi connectivity index (χ1) is 17.4. The van der Waals surface area contributed by atoms with Gasteiger partial charge in [-0.1, -0.05) is 54.6 Å². The van der Waals surface area contributed by atoms with Crippen molar-refractivity contribution >= 4 is 46.3 Å². The highest BCUT2D eigenvalue weighted by atomic mass is 32.2. The van der Waals surface area contributed by atoms with Gasteiger partial charge >= 0.3 is 0 Å². The molecule has 4 heterocycles. The normalized spacial score (nSPS) is 15.4. The summed E-state index contributed by atoms with van der Waals surface area (Å²) in [5.74, 6) is 2.32. The number of aromatic nitrogens is 4. The van der Waals surface area contributed by atoms with Gasteiger partial charge in [0.1, 0.15) is 5.03 Å². The number of thioether (sulfide) groups is 1. The number of benzene rings is 3. The van der Waals surface area contributed by atoms with E-state index in [1.807, 2.05) is 54.6 Å². The molecule has 0 bridgehead atoms. The SMILES string of the molecule is c1ccc(N2c3nccnc3SC23N(c2ccccc2)c2nccnc2N3c2ccccc2)cc1. The molecule has 0 fully saturated rings. The van der Waals surface area contributed by atoms with Crippen molar-refractivity contribution in [3.05, 3.63) is 116 Å². The Balaban J connectivity index is 1.59. The van der Waals surface area contributed by atoms with Crippen molar-refractivity contribution in [3.63, 3.8) is 0 Å². The van der Waals surface area contributed by atoms with Crippen LogP contribution in [0.15, 0.2) is 121 Å². The average Bonchev–Trinajstić information content (AvgIpc) is 3.41. The van der Waals surface area contributed by atoms with Crippen LogP contribution < -0.4 is 14.7 Å². The third-order valence-corrected chi connectivity index (χ3v) is 7.40. The van der Waals surface area contributed by atoms with Gasteiger partial charge in [0.2, 0.25) is 0 Å². The van der Waals surface area contributed by atoms with E-state index in [1.54, 1.807) is 36.5 Å². The summed E-state index contributed by atoms with van der Waals surface area (Å²) in [6.07, 6.45) is 6.97. The van der Waals surface area contributed by atoms with Crippen molar-refractivity contribution in [3.8, 4) is 0 Å². The summed E-state index contributed by atoms with van der Waals surface area (Å²) < 4.78 is 0. The summed E-state index contributed by atoms with van der Waals surface area (Å²) in [6.45, 7) is 0. The number of rotatable bonds is 3. The van der Waals surface area contributed by atoms with E-state index in [-0.39, 0.29) is 0 Å². The maximum absolute atomic E-state index is 4.84. The lowest BCUT2D eigenvalue weighted by atomic mass is 10.2. The second-order valence-corrected chi connectivity index (χ2v) is 9.22. The molecular weight excluding hydrogens is 454 g/mol. The Kier molecular flexibility index (Phi) is 4.46. The summed E-state index contributed by atoms with van der Waals surface area (Å²) in [6, 6.07) is 30.9. The molecule has 168 valence electrons. The van der Waals surface area contributed by atoms with Crippen molar-refractivity contribution in [2.75, 3.05) is 14.7 Å². The smallest absolute Gasteiger partial charge is 0.266 e. The monoisotopic (exact) mass is 473 g/mol. The van der Waals surface area contributed by atoms with Crippen LogP contribution in [0.4, 0.5) is 34.5 Å². The molecule has 0 saturated carbocycles. The highest BCUT2D eigenvalue weighted by molar-refractivity contribution is 8.01. The van der Waals surface area contributed by atoms with Crippen LogP contribution >= 0.6 is 11.8 Å². The van der Waals surface area contributed by atoms with Gasteiger partial charge in [-0.05, 0) is 48.2 Å². The van der Waals surface area contributed by atoms with Gasteiger partial charge in [-0.15, -0.1) is 0 Å². The van der Waals surface area contributed by atoms with Crippen molar-refractivity contribution < 1.29 is 0 Å². The quantitative estimate of drug-likeness (QED) is 0.311. The number of hydrogen-bond donors (Lipinski definition) is 0. The molecular formula is C27H19N7S. The van der Waals surface area contributed by atoms with E-state index in [0.717, 1.165) is 39.5 Å². The molecule has 2 aliphatic heterocycles. The molecule has 0 saturated heterocycles. The molecule has 2 aliphatic rings. The Morgan fingerprint density at radius 3 is 1.29 bits per heavy atom. The number of anilines is 6. The summed E-state index contributed by atoms with van der Waals surface area (Å²) in [5, 5.41) is -0.0247. The molecule has 0 unspecified atom stereocenters. The van der Waals surface area contributed by atoms with Crippen LogP contribution in [0.3, 0.4) is 0 Å². The fraction of sp³-hybridized carbons (Fsp3) is 0.0370. The van der Waals surface area contributed by atoms with E-state index >= 15 is 0 Å². The van der Waals surface area contributed by atoms with Crippen LogP contribution in [0.2, 0.25) is 0 Å². The van der Waals surface area contributed by atoms with Gasteiger partial charge < -0.3 is 0 Å². The van der Waals surface area contributed by atoms with Crippen LogP contribution in [0, 0.1) is 0 Å². The molecule has 35 heavy (non-hydrogen) atoms. The minimum Gasteiger partial charge on any atom is -0.272 e. The predicted molar refractivity (Wildman–Crippen MR) is 138 cm³/mol. The average molecular weight is 474 g/mol. The lowest BCUT2D eigenvalue weighted by molar-refractivity contribution is 0.639. The highest BCUT2D eigenvalue weighted by Gasteiger charge is 2.63. The van der Waals surface area contributed by atoms with Gasteiger partial charge in [-0.3, -0.25) is 14.7 Å². The minimum absolute atomic E-state index is 0.767. The van der Waals surface area contributed by atoms with Gasteiger partial charge in [-0.2, -0.15) is 0 Å². The third-order valence-electron chi connectivity index (χ3n) is 6.09. The first kappa shape index (κ1) is 20.0. The fourth-order valence-electron chi connectivity index (χ4n) is 4.77. The highest BCUT2D eigenvalue weighted by Crippen LogP contribution is 2.64. The second-order valence-electron chi connectivity index (χ2n) is 8.08. The van der Waals surface area contributed by atoms with Crippen molar-refractivity contribution in [1.82, 2.24) is 19.9 Å². The molecule has 0 N–H and O–H groups in total. The zero-order valence-electron chi connectivity index (χ0n) is 18.5.